The molecule has 7 nitrogen and oxygen atoms in total. The first-order chi connectivity index (χ1) is 17.5. The molecule has 1 aliphatic carbocycles. The highest BCUT2D eigenvalue weighted by Gasteiger charge is 2.45. The summed E-state index contributed by atoms with van der Waals surface area (Å²) in [5.41, 5.74) is 2.18. The van der Waals surface area contributed by atoms with Gasteiger partial charge in [-0.25, -0.2) is 9.18 Å². The number of amidine groups is 1. The Balaban J connectivity index is 1.70. The molecule has 0 bridgehead atoms. The highest BCUT2D eigenvalue weighted by molar-refractivity contribution is 6.30. The number of urea groups is 1. The molecule has 0 aromatic heterocycles. The fourth-order valence-corrected chi connectivity index (χ4v) is 4.83. The minimum atomic E-state index is -0.667. The van der Waals surface area contributed by atoms with Gasteiger partial charge in [0, 0.05) is 23.0 Å². The maximum absolute atomic E-state index is 14.4. The zero-order chi connectivity index (χ0) is 25.2. The molecule has 2 unspecified atom stereocenters. The van der Waals surface area contributed by atoms with E-state index < -0.39 is 23.9 Å². The summed E-state index contributed by atoms with van der Waals surface area (Å²) in [7, 11) is 1.57. The van der Waals surface area contributed by atoms with Gasteiger partial charge in [0.15, 0.2) is 0 Å². The Morgan fingerprint density at radius 3 is 2.72 bits per heavy atom. The van der Waals surface area contributed by atoms with Gasteiger partial charge in [-0.2, -0.15) is 0 Å². The number of allylic oxidation sites excluding steroid dienone is 2. The molecule has 2 aromatic rings. The molecular weight excluding hydrogens is 483 g/mol. The van der Waals surface area contributed by atoms with E-state index in [0.717, 1.165) is 17.6 Å². The average Bonchev–Trinajstić information content (AvgIpc) is 3.29. The van der Waals surface area contributed by atoms with Crippen molar-refractivity contribution in [1.29, 1.82) is 0 Å². The zero-order valence-corrected chi connectivity index (χ0v) is 20.3. The van der Waals surface area contributed by atoms with E-state index in [2.05, 4.69) is 5.32 Å². The minimum Gasteiger partial charge on any atom is -0.496 e. The third-order valence-corrected chi connectivity index (χ3v) is 6.60. The Morgan fingerprint density at radius 2 is 2.00 bits per heavy atom. The van der Waals surface area contributed by atoms with E-state index in [4.69, 9.17) is 21.3 Å². The van der Waals surface area contributed by atoms with Gasteiger partial charge in [-0.05, 0) is 54.3 Å². The van der Waals surface area contributed by atoms with Crippen LogP contribution in [0.25, 0.3) is 0 Å². The molecule has 0 saturated heterocycles. The number of nitrogens with one attached hydrogen (secondary N) is 1. The lowest BCUT2D eigenvalue weighted by atomic mass is 9.93. The molecule has 0 saturated carbocycles. The van der Waals surface area contributed by atoms with Crippen molar-refractivity contribution in [2.24, 2.45) is 4.99 Å². The number of hydrogen-bond donors (Lipinski definition) is 1. The molecule has 2 atom stereocenters. The lowest BCUT2D eigenvalue weighted by molar-refractivity contribution is -0.120. The molecule has 36 heavy (non-hydrogen) atoms. The third-order valence-electron chi connectivity index (χ3n) is 6.35. The Morgan fingerprint density at radius 1 is 1.19 bits per heavy atom. The fourth-order valence-electron chi connectivity index (χ4n) is 4.71. The summed E-state index contributed by atoms with van der Waals surface area (Å²) < 4.78 is 20.1. The highest BCUT2D eigenvalue weighted by Crippen LogP contribution is 2.45. The average molecular weight is 507 g/mol. The number of aliphatic imine (C=N–C) groups is 1. The Bertz CT molecular complexity index is 1320. The number of rotatable bonds is 4. The van der Waals surface area contributed by atoms with Gasteiger partial charge in [0.2, 0.25) is 5.91 Å². The van der Waals surface area contributed by atoms with Gasteiger partial charge in [0.05, 0.1) is 13.2 Å². The Kier molecular flexibility index (Phi) is 6.61. The zero-order valence-electron chi connectivity index (χ0n) is 19.5. The quantitative estimate of drug-likeness (QED) is 0.615. The van der Waals surface area contributed by atoms with Gasteiger partial charge in [-0.1, -0.05) is 41.9 Å². The van der Waals surface area contributed by atoms with Crippen LogP contribution in [-0.2, 0) is 9.53 Å². The number of benzene rings is 2. The second-order valence-electron chi connectivity index (χ2n) is 8.60. The first kappa shape index (κ1) is 23.8. The lowest BCUT2D eigenvalue weighted by Gasteiger charge is -2.34. The molecule has 184 valence electrons. The summed E-state index contributed by atoms with van der Waals surface area (Å²) in [6, 6.07) is 11.8. The minimum absolute atomic E-state index is 0.142. The monoisotopic (exact) mass is 506 g/mol. The maximum Gasteiger partial charge on any atom is 0.330 e. The van der Waals surface area contributed by atoms with E-state index >= 15 is 0 Å². The molecule has 3 aliphatic rings. The summed E-state index contributed by atoms with van der Waals surface area (Å²) in [6.45, 7) is -0.142. The molecule has 2 aliphatic heterocycles. The summed E-state index contributed by atoms with van der Waals surface area (Å²) in [6.07, 6.45) is 8.18. The molecule has 2 aromatic carbocycles. The normalized spacial score (nSPS) is 21.5. The van der Waals surface area contributed by atoms with E-state index in [1.54, 1.807) is 36.3 Å². The van der Waals surface area contributed by atoms with E-state index in [-0.39, 0.29) is 12.5 Å². The van der Waals surface area contributed by atoms with Crippen molar-refractivity contribution in [3.63, 3.8) is 0 Å². The van der Waals surface area contributed by atoms with Crippen LogP contribution in [0.3, 0.4) is 0 Å². The SMILES string of the molecule is COC1=C(C2=NC(c3ccc(Cl)cc3)C(c3cccc(F)c3)N2C(=O)N2C=CNC(=O)C2)CCC=C1. The second kappa shape index (κ2) is 9.99. The van der Waals surface area contributed by atoms with Crippen LogP contribution in [0.5, 0.6) is 0 Å². The van der Waals surface area contributed by atoms with Crippen LogP contribution < -0.4 is 5.32 Å². The first-order valence-electron chi connectivity index (χ1n) is 11.5. The van der Waals surface area contributed by atoms with Crippen molar-refractivity contribution in [2.75, 3.05) is 13.7 Å². The van der Waals surface area contributed by atoms with Gasteiger partial charge in [-0.15, -0.1) is 0 Å². The molecule has 0 spiro atoms. The summed E-state index contributed by atoms with van der Waals surface area (Å²) in [5.74, 6) is 0.324. The van der Waals surface area contributed by atoms with Crippen LogP contribution in [0.4, 0.5) is 9.18 Å². The number of carbonyl (C=O) groups excluding carboxylic acids is 2. The molecule has 0 fully saturated rings. The number of nitrogens with zero attached hydrogens (tertiary/aromatic N) is 3. The standard InChI is InChI=1S/C27H24ClFN4O3/c1-36-22-8-3-2-7-21(22)26-31-24(17-9-11-19(28)12-10-17)25(18-5-4-6-20(29)15-18)33(26)27(35)32-14-13-30-23(34)16-32/h3-6,8-15,24-25H,2,7,16H2,1H3,(H,30,34). The van der Waals surface area contributed by atoms with Crippen molar-refractivity contribution < 1.29 is 18.7 Å². The third kappa shape index (κ3) is 4.52. The molecule has 1 N–H and O–H groups in total. The van der Waals surface area contributed by atoms with Crippen LogP contribution in [0.2, 0.25) is 5.02 Å². The molecule has 0 radical (unpaired) electrons. The second-order valence-corrected chi connectivity index (χ2v) is 9.04. The predicted octanol–water partition coefficient (Wildman–Crippen LogP) is 5.25. The smallest absolute Gasteiger partial charge is 0.330 e. The Labute approximate surface area is 213 Å². The van der Waals surface area contributed by atoms with Crippen molar-refractivity contribution in [2.45, 2.75) is 24.9 Å². The molecule has 5 rings (SSSR count). The maximum atomic E-state index is 14.4. The number of hydrogen-bond acceptors (Lipinski definition) is 4. The predicted molar refractivity (Wildman–Crippen MR) is 134 cm³/mol. The number of carbonyl (C=O) groups is 2. The molecule has 3 amide bonds. The van der Waals surface area contributed by atoms with Gasteiger partial charge in [-0.3, -0.25) is 19.6 Å². The van der Waals surface area contributed by atoms with Crippen LogP contribution in [-0.4, -0.2) is 41.2 Å². The van der Waals surface area contributed by atoms with E-state index in [0.29, 0.717) is 28.6 Å². The number of methoxy groups -OCH3 is 1. The Hall–Kier alpha value is -3.91. The van der Waals surface area contributed by atoms with E-state index in [9.17, 15) is 14.0 Å². The van der Waals surface area contributed by atoms with Crippen molar-refractivity contribution >= 4 is 29.4 Å². The molecule has 9 heteroatoms. The number of halogens is 2. The summed E-state index contributed by atoms with van der Waals surface area (Å²) in [4.78, 5) is 34.1. The summed E-state index contributed by atoms with van der Waals surface area (Å²) >= 11 is 6.14. The fraction of sp³-hybridized carbons (Fsp3) is 0.222. The van der Waals surface area contributed by atoms with E-state index in [1.165, 1.54) is 29.4 Å². The van der Waals surface area contributed by atoms with E-state index in [1.807, 2.05) is 24.3 Å². The largest absolute Gasteiger partial charge is 0.496 e. The highest BCUT2D eigenvalue weighted by atomic mass is 35.5. The van der Waals surface area contributed by atoms with Crippen LogP contribution >= 0.6 is 11.6 Å². The summed E-state index contributed by atoms with van der Waals surface area (Å²) in [5, 5.41) is 3.15. The topological polar surface area (TPSA) is 74.2 Å². The van der Waals surface area contributed by atoms with Crippen LogP contribution in [0.1, 0.15) is 36.1 Å². The lowest BCUT2D eigenvalue weighted by Crippen LogP contribution is -2.49. The van der Waals surface area contributed by atoms with Crippen molar-refractivity contribution in [3.05, 3.63) is 106 Å². The molecule has 2 heterocycles. The first-order valence-corrected chi connectivity index (χ1v) is 11.9. The van der Waals surface area contributed by atoms with Crippen molar-refractivity contribution in [1.82, 2.24) is 15.1 Å². The van der Waals surface area contributed by atoms with Crippen molar-refractivity contribution in [3.8, 4) is 0 Å². The molecular formula is C27H24ClFN4O3. The number of amides is 3. The number of ether oxygens (including phenoxy) is 1. The van der Waals surface area contributed by atoms with Gasteiger partial charge >= 0.3 is 6.03 Å². The van der Waals surface area contributed by atoms with Gasteiger partial charge in [0.1, 0.15) is 30.0 Å². The van der Waals surface area contributed by atoms with Crippen LogP contribution in [0.15, 0.2) is 89.4 Å². The van der Waals surface area contributed by atoms with Gasteiger partial charge < -0.3 is 10.1 Å². The van der Waals surface area contributed by atoms with Gasteiger partial charge in [0.25, 0.3) is 0 Å². The van der Waals surface area contributed by atoms with Crippen LogP contribution in [0, 0.1) is 5.82 Å².